The summed E-state index contributed by atoms with van der Waals surface area (Å²) < 4.78 is 0. The summed E-state index contributed by atoms with van der Waals surface area (Å²) in [4.78, 5) is 14.9. The summed E-state index contributed by atoms with van der Waals surface area (Å²) in [7, 11) is 0. The van der Waals surface area contributed by atoms with Crippen LogP contribution in [0.25, 0.3) is 10.8 Å². The standard InChI is InChI=1S/C19H16N2O2/c1-14(18-8-4-6-16-5-2-3-7-19(16)18)20-13-15-9-11-17(12-10-15)21(22)23/h2-14H,1H3/t14-/m1/s1. The molecule has 0 amide bonds. The number of fused-ring (bicyclic) bond motifs is 1. The highest BCUT2D eigenvalue weighted by molar-refractivity contribution is 5.86. The van der Waals surface area contributed by atoms with Gasteiger partial charge >= 0.3 is 0 Å². The molecular weight excluding hydrogens is 288 g/mol. The highest BCUT2D eigenvalue weighted by Crippen LogP contribution is 2.26. The molecule has 0 bridgehead atoms. The zero-order chi connectivity index (χ0) is 16.2. The highest BCUT2D eigenvalue weighted by atomic mass is 16.6. The van der Waals surface area contributed by atoms with Crippen LogP contribution >= 0.6 is 0 Å². The van der Waals surface area contributed by atoms with E-state index in [1.807, 2.05) is 25.1 Å². The second kappa shape index (κ2) is 6.40. The van der Waals surface area contributed by atoms with E-state index in [1.54, 1.807) is 18.3 Å². The van der Waals surface area contributed by atoms with Crippen LogP contribution in [0.3, 0.4) is 0 Å². The van der Waals surface area contributed by atoms with Gasteiger partial charge in [0.25, 0.3) is 5.69 Å². The van der Waals surface area contributed by atoms with E-state index in [9.17, 15) is 10.1 Å². The molecule has 0 aliphatic carbocycles. The van der Waals surface area contributed by atoms with Gasteiger partial charge in [0, 0.05) is 18.3 Å². The number of nitro benzene ring substituents is 1. The van der Waals surface area contributed by atoms with E-state index >= 15 is 0 Å². The van der Waals surface area contributed by atoms with Gasteiger partial charge in [0.1, 0.15) is 0 Å². The summed E-state index contributed by atoms with van der Waals surface area (Å²) in [6.07, 6.45) is 1.76. The fourth-order valence-electron chi connectivity index (χ4n) is 2.58. The third-order valence-corrected chi connectivity index (χ3v) is 3.82. The predicted octanol–water partition coefficient (Wildman–Crippen LogP) is 4.93. The van der Waals surface area contributed by atoms with Crippen molar-refractivity contribution in [1.82, 2.24) is 0 Å². The van der Waals surface area contributed by atoms with Crippen LogP contribution in [0.2, 0.25) is 0 Å². The van der Waals surface area contributed by atoms with Gasteiger partial charge in [-0.2, -0.15) is 0 Å². The van der Waals surface area contributed by atoms with Crippen molar-refractivity contribution in [2.45, 2.75) is 13.0 Å². The Morgan fingerprint density at radius 1 is 1.00 bits per heavy atom. The number of hydrogen-bond donors (Lipinski definition) is 0. The molecule has 3 aromatic carbocycles. The number of aliphatic imine (C=N–C) groups is 1. The Morgan fingerprint density at radius 2 is 1.70 bits per heavy atom. The molecule has 4 heteroatoms. The number of nitro groups is 1. The van der Waals surface area contributed by atoms with Gasteiger partial charge in [0.05, 0.1) is 11.0 Å². The molecule has 0 unspecified atom stereocenters. The molecule has 0 heterocycles. The summed E-state index contributed by atoms with van der Waals surface area (Å²) in [5.41, 5.74) is 2.10. The molecule has 0 spiro atoms. The molecule has 0 saturated carbocycles. The SMILES string of the molecule is C[C@@H](N=Cc1ccc([N+](=O)[O-])cc1)c1cccc2ccccc12. The number of hydrogen-bond acceptors (Lipinski definition) is 3. The minimum Gasteiger partial charge on any atom is -0.285 e. The maximum absolute atomic E-state index is 10.7. The van der Waals surface area contributed by atoms with E-state index in [4.69, 9.17) is 0 Å². The predicted molar refractivity (Wildman–Crippen MR) is 93.1 cm³/mol. The molecule has 3 rings (SSSR count). The van der Waals surface area contributed by atoms with Crippen molar-refractivity contribution in [3.05, 3.63) is 88.0 Å². The Labute approximate surface area is 134 Å². The van der Waals surface area contributed by atoms with E-state index in [1.165, 1.54) is 28.5 Å². The summed E-state index contributed by atoms with van der Waals surface area (Å²) in [6.45, 7) is 2.05. The van der Waals surface area contributed by atoms with Gasteiger partial charge in [-0.15, -0.1) is 0 Å². The smallest absolute Gasteiger partial charge is 0.269 e. The summed E-state index contributed by atoms with van der Waals surface area (Å²) in [5.74, 6) is 0. The lowest BCUT2D eigenvalue weighted by Crippen LogP contribution is -1.93. The molecule has 4 nitrogen and oxygen atoms in total. The van der Waals surface area contributed by atoms with E-state index in [0.29, 0.717) is 0 Å². The Bertz CT molecular complexity index is 865. The molecule has 114 valence electrons. The lowest BCUT2D eigenvalue weighted by atomic mass is 10.00. The summed E-state index contributed by atoms with van der Waals surface area (Å²) in [6, 6.07) is 20.9. The Kier molecular flexibility index (Phi) is 4.15. The van der Waals surface area contributed by atoms with Gasteiger partial charge in [-0.25, -0.2) is 0 Å². The van der Waals surface area contributed by atoms with Crippen molar-refractivity contribution >= 4 is 22.7 Å². The third-order valence-electron chi connectivity index (χ3n) is 3.82. The van der Waals surface area contributed by atoms with Crippen molar-refractivity contribution < 1.29 is 4.92 Å². The van der Waals surface area contributed by atoms with Gasteiger partial charge in [-0.1, -0.05) is 42.5 Å². The summed E-state index contributed by atoms with van der Waals surface area (Å²) in [5, 5.41) is 13.1. The number of nitrogens with zero attached hydrogens (tertiary/aromatic N) is 2. The molecule has 3 aromatic rings. The fourth-order valence-corrected chi connectivity index (χ4v) is 2.58. The van der Waals surface area contributed by atoms with Crippen LogP contribution in [0.1, 0.15) is 24.1 Å². The molecule has 23 heavy (non-hydrogen) atoms. The number of non-ortho nitro benzene ring substituents is 1. The first kappa shape index (κ1) is 14.9. The average molecular weight is 304 g/mol. The van der Waals surface area contributed by atoms with Gasteiger partial charge in [-0.3, -0.25) is 15.1 Å². The third kappa shape index (κ3) is 3.26. The first-order valence-corrected chi connectivity index (χ1v) is 7.40. The maximum Gasteiger partial charge on any atom is 0.269 e. The van der Waals surface area contributed by atoms with E-state index in [0.717, 1.165) is 5.56 Å². The number of benzene rings is 3. The fraction of sp³-hybridized carbons (Fsp3) is 0.105. The zero-order valence-corrected chi connectivity index (χ0v) is 12.7. The largest absolute Gasteiger partial charge is 0.285 e. The normalized spacial score (nSPS) is 12.6. The van der Waals surface area contributed by atoms with Gasteiger partial charge in [-0.05, 0) is 41.0 Å². The monoisotopic (exact) mass is 304 g/mol. The molecule has 0 N–H and O–H groups in total. The lowest BCUT2D eigenvalue weighted by Gasteiger charge is -2.10. The molecule has 0 radical (unpaired) electrons. The molecule has 1 atom stereocenters. The van der Waals surface area contributed by atoms with Crippen LogP contribution in [0.4, 0.5) is 5.69 Å². The molecule has 0 aliphatic rings. The second-order valence-corrected chi connectivity index (χ2v) is 5.37. The Balaban J connectivity index is 1.85. The maximum atomic E-state index is 10.7. The van der Waals surface area contributed by atoms with E-state index < -0.39 is 4.92 Å². The molecular formula is C19H16N2O2. The highest BCUT2D eigenvalue weighted by Gasteiger charge is 2.07. The first-order valence-electron chi connectivity index (χ1n) is 7.40. The van der Waals surface area contributed by atoms with Gasteiger partial charge in [0.2, 0.25) is 0 Å². The van der Waals surface area contributed by atoms with E-state index in [-0.39, 0.29) is 11.7 Å². The Morgan fingerprint density at radius 3 is 2.43 bits per heavy atom. The molecule has 0 saturated heterocycles. The van der Waals surface area contributed by atoms with Crippen LogP contribution in [-0.2, 0) is 0 Å². The van der Waals surface area contributed by atoms with Crippen LogP contribution in [0.5, 0.6) is 0 Å². The Hall–Kier alpha value is -3.01. The molecule has 0 aromatic heterocycles. The van der Waals surface area contributed by atoms with Crippen LogP contribution in [0, 0.1) is 10.1 Å². The van der Waals surface area contributed by atoms with Crippen LogP contribution < -0.4 is 0 Å². The van der Waals surface area contributed by atoms with Crippen molar-refractivity contribution in [1.29, 1.82) is 0 Å². The average Bonchev–Trinajstić information content (AvgIpc) is 2.59. The molecule has 0 aliphatic heterocycles. The van der Waals surface area contributed by atoms with E-state index in [2.05, 4.69) is 29.3 Å². The van der Waals surface area contributed by atoms with Crippen molar-refractivity contribution in [2.75, 3.05) is 0 Å². The summed E-state index contributed by atoms with van der Waals surface area (Å²) >= 11 is 0. The van der Waals surface area contributed by atoms with Gasteiger partial charge in [0.15, 0.2) is 0 Å². The lowest BCUT2D eigenvalue weighted by molar-refractivity contribution is -0.384. The van der Waals surface area contributed by atoms with Crippen LogP contribution in [-0.4, -0.2) is 11.1 Å². The first-order chi connectivity index (χ1) is 11.1. The minimum atomic E-state index is -0.403. The molecule has 0 fully saturated rings. The van der Waals surface area contributed by atoms with Crippen molar-refractivity contribution in [3.63, 3.8) is 0 Å². The quantitative estimate of drug-likeness (QED) is 0.390. The number of rotatable bonds is 4. The van der Waals surface area contributed by atoms with Crippen LogP contribution in [0.15, 0.2) is 71.7 Å². The zero-order valence-electron chi connectivity index (χ0n) is 12.7. The van der Waals surface area contributed by atoms with Crippen molar-refractivity contribution in [2.24, 2.45) is 4.99 Å². The second-order valence-electron chi connectivity index (χ2n) is 5.37. The topological polar surface area (TPSA) is 55.5 Å². The van der Waals surface area contributed by atoms with Gasteiger partial charge < -0.3 is 0 Å². The van der Waals surface area contributed by atoms with Crippen molar-refractivity contribution in [3.8, 4) is 0 Å². The minimum absolute atomic E-state index is 0.0105.